The first-order valence-electron chi connectivity index (χ1n) is 7.87. The van der Waals surface area contributed by atoms with Crippen LogP contribution < -0.4 is 4.74 Å². The van der Waals surface area contributed by atoms with Gasteiger partial charge in [0.15, 0.2) is 0 Å². The molecule has 1 aromatic heterocycles. The maximum atomic E-state index is 12.9. The zero-order chi connectivity index (χ0) is 18.8. The largest absolute Gasteiger partial charge is 0.473 e. The Morgan fingerprint density at radius 1 is 1.23 bits per heavy atom. The first kappa shape index (κ1) is 18.6. The zero-order valence-electron chi connectivity index (χ0n) is 13.6. The molecule has 1 aliphatic rings. The van der Waals surface area contributed by atoms with Gasteiger partial charge in [-0.15, -0.1) is 0 Å². The predicted molar refractivity (Wildman–Crippen MR) is 85.9 cm³/mol. The van der Waals surface area contributed by atoms with Gasteiger partial charge in [0.25, 0.3) is 0 Å². The maximum Gasteiger partial charge on any atom is 0.416 e. The summed E-state index contributed by atoms with van der Waals surface area (Å²) in [6.45, 7) is 0.269. The third kappa shape index (κ3) is 4.13. The van der Waals surface area contributed by atoms with E-state index in [1.54, 1.807) is 6.07 Å². The summed E-state index contributed by atoms with van der Waals surface area (Å²) in [6.07, 6.45) is -1.06. The number of halogens is 3. The van der Waals surface area contributed by atoms with Crippen LogP contribution in [0.5, 0.6) is 5.88 Å². The van der Waals surface area contributed by atoms with E-state index < -0.39 is 27.9 Å². The highest BCUT2D eigenvalue weighted by Crippen LogP contribution is 2.31. The highest BCUT2D eigenvalue weighted by atomic mass is 32.2. The topological polar surface area (TPSA) is 72.4 Å². The second-order valence-electron chi connectivity index (χ2n) is 5.82. The number of hydrogen-bond donors (Lipinski definition) is 0. The summed E-state index contributed by atoms with van der Waals surface area (Å²) < 4.78 is 70.9. The summed E-state index contributed by atoms with van der Waals surface area (Å²) in [6, 6.07) is 5.31. The van der Waals surface area contributed by atoms with Gasteiger partial charge in [0.1, 0.15) is 12.4 Å². The van der Waals surface area contributed by atoms with Crippen molar-refractivity contribution in [3.63, 3.8) is 0 Å². The molecule has 10 heteroatoms. The van der Waals surface area contributed by atoms with Gasteiger partial charge in [-0.25, -0.2) is 18.4 Å². The van der Waals surface area contributed by atoms with E-state index in [2.05, 4.69) is 9.97 Å². The van der Waals surface area contributed by atoms with Gasteiger partial charge in [-0.2, -0.15) is 17.5 Å². The fourth-order valence-corrected chi connectivity index (χ4v) is 4.28. The minimum atomic E-state index is -4.61. The third-order valence-corrected chi connectivity index (χ3v) is 5.84. The van der Waals surface area contributed by atoms with Crippen LogP contribution in [-0.2, 0) is 16.2 Å². The minimum absolute atomic E-state index is 0.0442. The van der Waals surface area contributed by atoms with Crippen molar-refractivity contribution >= 4 is 10.0 Å². The van der Waals surface area contributed by atoms with E-state index in [1.165, 1.54) is 18.6 Å². The van der Waals surface area contributed by atoms with Crippen LogP contribution in [0.25, 0.3) is 0 Å². The van der Waals surface area contributed by atoms with Gasteiger partial charge >= 0.3 is 6.18 Å². The lowest BCUT2D eigenvalue weighted by molar-refractivity contribution is -0.137. The van der Waals surface area contributed by atoms with Gasteiger partial charge < -0.3 is 4.74 Å². The average molecular weight is 387 g/mol. The van der Waals surface area contributed by atoms with E-state index in [0.717, 1.165) is 16.4 Å². The summed E-state index contributed by atoms with van der Waals surface area (Å²) in [5, 5.41) is 0. The normalized spacial score (nSPS) is 19.3. The van der Waals surface area contributed by atoms with E-state index in [9.17, 15) is 21.6 Å². The Morgan fingerprint density at radius 2 is 2.04 bits per heavy atom. The molecule has 0 radical (unpaired) electrons. The fourth-order valence-electron chi connectivity index (χ4n) is 2.72. The van der Waals surface area contributed by atoms with Crippen molar-refractivity contribution in [2.24, 2.45) is 0 Å². The van der Waals surface area contributed by atoms with Crippen LogP contribution >= 0.6 is 0 Å². The Morgan fingerprint density at radius 3 is 2.73 bits per heavy atom. The Hall–Kier alpha value is -2.20. The molecule has 0 N–H and O–H groups in total. The maximum absolute atomic E-state index is 12.9. The van der Waals surface area contributed by atoms with Crippen molar-refractivity contribution in [2.75, 3.05) is 13.1 Å². The Balaban J connectivity index is 1.79. The molecule has 0 aliphatic carbocycles. The van der Waals surface area contributed by atoms with Crippen LogP contribution in [-0.4, -0.2) is 41.9 Å². The molecule has 0 spiro atoms. The number of alkyl halides is 3. The van der Waals surface area contributed by atoms with Crippen LogP contribution in [0.15, 0.2) is 47.8 Å². The van der Waals surface area contributed by atoms with Crippen LogP contribution in [0.3, 0.4) is 0 Å². The predicted octanol–water partition coefficient (Wildman–Crippen LogP) is 2.73. The molecular weight excluding hydrogens is 371 g/mol. The summed E-state index contributed by atoms with van der Waals surface area (Å²) in [5.74, 6) is 0.323. The van der Waals surface area contributed by atoms with Crippen LogP contribution in [0, 0.1) is 0 Å². The smallest absolute Gasteiger partial charge is 0.416 e. The van der Waals surface area contributed by atoms with E-state index in [4.69, 9.17) is 4.74 Å². The number of sulfonamides is 1. The second-order valence-corrected chi connectivity index (χ2v) is 7.76. The molecule has 1 fully saturated rings. The Kier molecular flexibility index (Phi) is 5.15. The van der Waals surface area contributed by atoms with Gasteiger partial charge in [-0.3, -0.25) is 0 Å². The molecule has 2 heterocycles. The Bertz CT molecular complexity index is 860. The SMILES string of the molecule is O=S(=O)(c1cccc(C(F)(F)F)c1)N1CCC[C@@H](Oc2ccncn2)C1. The van der Waals surface area contributed by atoms with Crippen molar-refractivity contribution in [3.8, 4) is 5.88 Å². The highest BCUT2D eigenvalue weighted by molar-refractivity contribution is 7.89. The fraction of sp³-hybridized carbons (Fsp3) is 0.375. The lowest BCUT2D eigenvalue weighted by atomic mass is 10.1. The summed E-state index contributed by atoms with van der Waals surface area (Å²) in [5.41, 5.74) is -0.996. The Labute approximate surface area is 148 Å². The van der Waals surface area contributed by atoms with Crippen LogP contribution in [0.1, 0.15) is 18.4 Å². The highest BCUT2D eigenvalue weighted by Gasteiger charge is 2.35. The molecule has 6 nitrogen and oxygen atoms in total. The second kappa shape index (κ2) is 7.20. The van der Waals surface area contributed by atoms with Gasteiger partial charge in [-0.05, 0) is 31.0 Å². The number of piperidine rings is 1. The summed E-state index contributed by atoms with van der Waals surface area (Å²) >= 11 is 0. The molecule has 1 aromatic carbocycles. The van der Waals surface area contributed by atoms with E-state index >= 15 is 0 Å². The number of ether oxygens (including phenoxy) is 1. The molecular formula is C16H16F3N3O3S. The first-order chi connectivity index (χ1) is 12.3. The van der Waals surface area contributed by atoms with Crippen molar-refractivity contribution in [2.45, 2.75) is 30.0 Å². The molecule has 3 rings (SSSR count). The van der Waals surface area contributed by atoms with Gasteiger partial charge in [0.2, 0.25) is 15.9 Å². The van der Waals surface area contributed by atoms with Gasteiger partial charge in [0.05, 0.1) is 17.0 Å². The molecule has 140 valence electrons. The van der Waals surface area contributed by atoms with E-state index in [1.807, 2.05) is 0 Å². The number of aromatic nitrogens is 2. The lowest BCUT2D eigenvalue weighted by Gasteiger charge is -2.31. The van der Waals surface area contributed by atoms with Crippen molar-refractivity contribution in [1.82, 2.24) is 14.3 Å². The van der Waals surface area contributed by atoms with E-state index in [-0.39, 0.29) is 18.0 Å². The molecule has 26 heavy (non-hydrogen) atoms. The van der Waals surface area contributed by atoms with E-state index in [0.29, 0.717) is 24.8 Å². The zero-order valence-corrected chi connectivity index (χ0v) is 14.4. The van der Waals surface area contributed by atoms with Crippen LogP contribution in [0.4, 0.5) is 13.2 Å². The van der Waals surface area contributed by atoms with Gasteiger partial charge in [0, 0.05) is 18.8 Å². The average Bonchev–Trinajstić information content (AvgIpc) is 2.62. The minimum Gasteiger partial charge on any atom is -0.473 e. The van der Waals surface area contributed by atoms with Crippen molar-refractivity contribution in [1.29, 1.82) is 0 Å². The first-order valence-corrected chi connectivity index (χ1v) is 9.31. The number of rotatable bonds is 4. The third-order valence-electron chi connectivity index (χ3n) is 3.98. The molecule has 0 bridgehead atoms. The quantitative estimate of drug-likeness (QED) is 0.807. The van der Waals surface area contributed by atoms with Crippen molar-refractivity contribution < 1.29 is 26.3 Å². The monoisotopic (exact) mass is 387 g/mol. The molecule has 2 aromatic rings. The number of nitrogens with zero attached hydrogens (tertiary/aromatic N) is 3. The summed E-state index contributed by atoms with van der Waals surface area (Å²) in [7, 11) is -4.05. The van der Waals surface area contributed by atoms with Crippen molar-refractivity contribution in [3.05, 3.63) is 48.4 Å². The molecule has 1 atom stereocenters. The lowest BCUT2D eigenvalue weighted by Crippen LogP contribution is -2.44. The molecule has 0 amide bonds. The van der Waals surface area contributed by atoms with Crippen LogP contribution in [0.2, 0.25) is 0 Å². The number of benzene rings is 1. The van der Waals surface area contributed by atoms with Gasteiger partial charge in [-0.1, -0.05) is 6.07 Å². The molecule has 1 aliphatic heterocycles. The standard InChI is InChI=1S/C16H16F3N3O3S/c17-16(18,19)12-3-1-5-14(9-12)26(23,24)22-8-2-4-13(10-22)25-15-6-7-20-11-21-15/h1,3,5-7,9,11,13H,2,4,8,10H2/t13-/m1/s1. The summed E-state index contributed by atoms with van der Waals surface area (Å²) in [4.78, 5) is 7.32. The number of hydrogen-bond acceptors (Lipinski definition) is 5. The molecule has 0 unspecified atom stereocenters. The molecule has 1 saturated heterocycles. The molecule has 0 saturated carbocycles.